The molecule has 0 aromatic carbocycles. The van der Waals surface area contributed by atoms with Crippen LogP contribution in [0.5, 0.6) is 0 Å². The molecule has 0 aliphatic carbocycles. The summed E-state index contributed by atoms with van der Waals surface area (Å²) in [6, 6.07) is -0.0742. The van der Waals surface area contributed by atoms with Gasteiger partial charge in [-0.05, 0) is 18.4 Å². The molecule has 0 amide bonds. The fraction of sp³-hybridized carbons (Fsp3) is 0.889. The van der Waals surface area contributed by atoms with Crippen LogP contribution in [0.4, 0.5) is 0 Å². The van der Waals surface area contributed by atoms with Gasteiger partial charge < -0.3 is 11.1 Å². The highest BCUT2D eigenvalue weighted by atomic mass is 32.2. The van der Waals surface area contributed by atoms with Gasteiger partial charge in [-0.25, -0.2) is 0 Å². The molecule has 2 atom stereocenters. The molecule has 0 saturated heterocycles. The van der Waals surface area contributed by atoms with Gasteiger partial charge in [-0.15, -0.1) is 0 Å². The van der Waals surface area contributed by atoms with Crippen LogP contribution in [0.2, 0.25) is 0 Å². The molecule has 2 nitrogen and oxygen atoms in total. The molecule has 0 aliphatic heterocycles. The molecule has 4 heteroatoms. The number of nitrogens with one attached hydrogen (secondary N) is 1. The van der Waals surface area contributed by atoms with E-state index < -0.39 is 0 Å². The smallest absolute Gasteiger partial charge is 0.0526 e. The lowest BCUT2D eigenvalue weighted by molar-refractivity contribution is 0.682. The third-order valence-electron chi connectivity index (χ3n) is 1.91. The van der Waals surface area contributed by atoms with Gasteiger partial charge in [0.25, 0.3) is 0 Å². The quantitative estimate of drug-likeness (QED) is 0.674. The van der Waals surface area contributed by atoms with E-state index in [-0.39, 0.29) is 11.3 Å². The zero-order valence-electron chi connectivity index (χ0n) is 8.83. The van der Waals surface area contributed by atoms with Crippen LogP contribution in [-0.4, -0.2) is 35.3 Å². The average Bonchev–Trinajstić information content (AvgIpc) is 2.05. The second-order valence-electron chi connectivity index (χ2n) is 3.42. The summed E-state index contributed by atoms with van der Waals surface area (Å²) in [5.74, 6) is 1.35. The Bertz CT molecular complexity index is 160. The Kier molecular flexibility index (Phi) is 6.91. The van der Waals surface area contributed by atoms with Gasteiger partial charge in [-0.1, -0.05) is 13.8 Å². The number of thioether (sulfide) groups is 2. The molecule has 3 N–H and O–H groups in total. The Morgan fingerprint density at radius 2 is 1.92 bits per heavy atom. The maximum atomic E-state index is 7.93. The number of rotatable bonds is 6. The minimum absolute atomic E-state index is 0.0742. The Morgan fingerprint density at radius 3 is 2.23 bits per heavy atom. The molecular formula is C9H20N2S2. The highest BCUT2D eigenvalue weighted by Crippen LogP contribution is 2.19. The molecule has 0 heterocycles. The summed E-state index contributed by atoms with van der Waals surface area (Å²) >= 11 is 3.43. The topological polar surface area (TPSA) is 49.9 Å². The highest BCUT2D eigenvalue weighted by Gasteiger charge is 2.21. The molecule has 0 spiro atoms. The van der Waals surface area contributed by atoms with E-state index in [1.54, 1.807) is 23.5 Å². The van der Waals surface area contributed by atoms with Crippen molar-refractivity contribution in [1.82, 2.24) is 0 Å². The van der Waals surface area contributed by atoms with Gasteiger partial charge in [-0.3, -0.25) is 0 Å². The molecule has 0 aliphatic rings. The van der Waals surface area contributed by atoms with E-state index >= 15 is 0 Å². The van der Waals surface area contributed by atoms with Crippen molar-refractivity contribution in [3.8, 4) is 0 Å². The molecule has 0 aromatic rings. The summed E-state index contributed by atoms with van der Waals surface area (Å²) in [4.78, 5) is 0. The molecule has 0 fully saturated rings. The van der Waals surface area contributed by atoms with E-state index in [9.17, 15) is 0 Å². The molecule has 0 radical (unpaired) electrons. The van der Waals surface area contributed by atoms with Gasteiger partial charge in [0.05, 0.1) is 6.04 Å². The minimum Gasteiger partial charge on any atom is -0.322 e. The molecule has 0 saturated carbocycles. The van der Waals surface area contributed by atoms with Crippen LogP contribution in [0.3, 0.4) is 0 Å². The predicted octanol–water partition coefficient (Wildman–Crippen LogP) is 2.08. The minimum atomic E-state index is -0.0742. The summed E-state index contributed by atoms with van der Waals surface area (Å²) in [7, 11) is 0. The van der Waals surface area contributed by atoms with Crippen molar-refractivity contribution in [2.75, 3.05) is 18.3 Å². The van der Waals surface area contributed by atoms with Crippen LogP contribution in [0.15, 0.2) is 0 Å². The number of hydrogen-bond donors (Lipinski definition) is 2. The standard InChI is InChI=1S/C9H20N2S2/c1-6(2)9(13-4)8(11)7(10)5-12-3/h6-7,9,11H,5,10H2,1-4H3. The first-order valence-electron chi connectivity index (χ1n) is 4.40. The Hall–Kier alpha value is 0.330. The normalized spacial score (nSPS) is 15.8. The lowest BCUT2D eigenvalue weighted by atomic mass is 10.0. The fourth-order valence-electron chi connectivity index (χ4n) is 1.24. The zero-order chi connectivity index (χ0) is 10.4. The van der Waals surface area contributed by atoms with E-state index in [0.29, 0.717) is 11.6 Å². The van der Waals surface area contributed by atoms with Crippen LogP contribution in [0.1, 0.15) is 13.8 Å². The van der Waals surface area contributed by atoms with Crippen LogP contribution in [0.25, 0.3) is 0 Å². The second-order valence-corrected chi connectivity index (χ2v) is 5.31. The van der Waals surface area contributed by atoms with Crippen molar-refractivity contribution in [2.24, 2.45) is 11.7 Å². The van der Waals surface area contributed by atoms with Gasteiger partial charge >= 0.3 is 0 Å². The van der Waals surface area contributed by atoms with E-state index in [0.717, 1.165) is 5.75 Å². The van der Waals surface area contributed by atoms with Crippen molar-refractivity contribution in [3.63, 3.8) is 0 Å². The van der Waals surface area contributed by atoms with Gasteiger partial charge in [0.1, 0.15) is 0 Å². The van der Waals surface area contributed by atoms with E-state index in [4.69, 9.17) is 11.1 Å². The fourth-order valence-corrected chi connectivity index (χ4v) is 2.75. The predicted molar refractivity (Wildman–Crippen MR) is 66.2 cm³/mol. The third-order valence-corrected chi connectivity index (χ3v) is 3.91. The Balaban J connectivity index is 4.19. The molecular weight excluding hydrogens is 200 g/mol. The number of hydrogen-bond acceptors (Lipinski definition) is 4. The van der Waals surface area contributed by atoms with Crippen LogP contribution >= 0.6 is 23.5 Å². The molecule has 0 bridgehead atoms. The van der Waals surface area contributed by atoms with Crippen molar-refractivity contribution in [3.05, 3.63) is 0 Å². The van der Waals surface area contributed by atoms with Crippen LogP contribution in [0, 0.1) is 11.3 Å². The first kappa shape index (κ1) is 13.3. The van der Waals surface area contributed by atoms with E-state index in [1.807, 2.05) is 12.5 Å². The van der Waals surface area contributed by atoms with Crippen LogP contribution < -0.4 is 5.73 Å². The summed E-state index contributed by atoms with van der Waals surface area (Å²) in [5.41, 5.74) is 6.57. The average molecular weight is 220 g/mol. The maximum Gasteiger partial charge on any atom is 0.0526 e. The van der Waals surface area contributed by atoms with Crippen molar-refractivity contribution in [2.45, 2.75) is 25.1 Å². The molecule has 13 heavy (non-hydrogen) atoms. The third kappa shape index (κ3) is 4.38. The second kappa shape index (κ2) is 6.74. The first-order chi connectivity index (χ1) is 6.04. The SMILES string of the molecule is CSCC(N)C(=N)C(SC)C(C)C. The van der Waals surface area contributed by atoms with Crippen molar-refractivity contribution in [1.29, 1.82) is 5.41 Å². The molecule has 0 rings (SSSR count). The summed E-state index contributed by atoms with van der Waals surface area (Å²) in [6.07, 6.45) is 4.07. The Morgan fingerprint density at radius 1 is 1.38 bits per heavy atom. The molecule has 2 unspecified atom stereocenters. The first-order valence-corrected chi connectivity index (χ1v) is 7.08. The maximum absolute atomic E-state index is 7.93. The lowest BCUT2D eigenvalue weighted by Gasteiger charge is -2.23. The van der Waals surface area contributed by atoms with Gasteiger partial charge in [0.15, 0.2) is 0 Å². The molecule has 0 aromatic heterocycles. The molecule has 78 valence electrons. The van der Waals surface area contributed by atoms with Gasteiger partial charge in [-0.2, -0.15) is 23.5 Å². The Labute approximate surface area is 89.9 Å². The highest BCUT2D eigenvalue weighted by molar-refractivity contribution is 8.00. The summed E-state index contributed by atoms with van der Waals surface area (Å²) in [6.45, 7) is 4.28. The van der Waals surface area contributed by atoms with Crippen molar-refractivity contribution >= 4 is 29.2 Å². The van der Waals surface area contributed by atoms with Gasteiger partial charge in [0, 0.05) is 16.7 Å². The summed E-state index contributed by atoms with van der Waals surface area (Å²) < 4.78 is 0. The largest absolute Gasteiger partial charge is 0.322 e. The van der Waals surface area contributed by atoms with Gasteiger partial charge in [0.2, 0.25) is 0 Å². The van der Waals surface area contributed by atoms with E-state index in [2.05, 4.69) is 13.8 Å². The summed E-state index contributed by atoms with van der Waals surface area (Å²) in [5, 5.41) is 8.21. The monoisotopic (exact) mass is 220 g/mol. The number of nitrogens with two attached hydrogens (primary N) is 1. The van der Waals surface area contributed by atoms with Crippen LogP contribution in [-0.2, 0) is 0 Å². The van der Waals surface area contributed by atoms with E-state index in [1.165, 1.54) is 0 Å². The lowest BCUT2D eigenvalue weighted by Crippen LogP contribution is -2.40. The zero-order valence-corrected chi connectivity index (χ0v) is 10.5. The van der Waals surface area contributed by atoms with Crippen molar-refractivity contribution < 1.29 is 0 Å².